The molecule has 0 amide bonds. The van der Waals surface area contributed by atoms with E-state index in [4.69, 9.17) is 15.0 Å². The highest BCUT2D eigenvalue weighted by molar-refractivity contribution is 5.86. The summed E-state index contributed by atoms with van der Waals surface area (Å²) < 4.78 is 0. The summed E-state index contributed by atoms with van der Waals surface area (Å²) in [7, 11) is 0. The van der Waals surface area contributed by atoms with Gasteiger partial charge >= 0.3 is 0 Å². The number of aryl methyl sites for hydroxylation is 2. The molecule has 0 aliphatic carbocycles. The fourth-order valence-corrected chi connectivity index (χ4v) is 3.93. The fraction of sp³-hybridized carbons (Fsp3) is 0.100. The molecule has 160 valence electrons. The van der Waals surface area contributed by atoms with Crippen LogP contribution in [0.4, 0.5) is 0 Å². The third kappa shape index (κ3) is 4.31. The molecule has 0 unspecified atom stereocenters. The van der Waals surface area contributed by atoms with Crippen molar-refractivity contribution >= 4 is 16.8 Å². The van der Waals surface area contributed by atoms with Crippen molar-refractivity contribution in [3.63, 3.8) is 0 Å². The lowest BCUT2D eigenvalue weighted by molar-refractivity contribution is 1.07. The number of allylic oxidation sites excluding steroid dienone is 1. The Bertz CT molecular complexity index is 1480. The lowest BCUT2D eigenvalue weighted by atomic mass is 10.0. The quantitative estimate of drug-likeness (QED) is 0.295. The van der Waals surface area contributed by atoms with Crippen molar-refractivity contribution in [2.45, 2.75) is 20.8 Å². The van der Waals surface area contributed by atoms with E-state index in [0.717, 1.165) is 16.7 Å². The summed E-state index contributed by atoms with van der Waals surface area (Å²) in [6.07, 6.45) is 4.17. The van der Waals surface area contributed by atoms with Gasteiger partial charge in [0, 0.05) is 16.7 Å². The van der Waals surface area contributed by atoms with Gasteiger partial charge in [0.05, 0.1) is 0 Å². The van der Waals surface area contributed by atoms with E-state index in [0.29, 0.717) is 17.5 Å². The fourth-order valence-electron chi connectivity index (χ4n) is 3.93. The predicted octanol–water partition coefficient (Wildman–Crippen LogP) is 7.68. The van der Waals surface area contributed by atoms with E-state index >= 15 is 0 Å². The van der Waals surface area contributed by atoms with Crippen LogP contribution < -0.4 is 0 Å². The molecule has 0 atom stereocenters. The molecule has 33 heavy (non-hydrogen) atoms. The highest BCUT2D eigenvalue weighted by Crippen LogP contribution is 2.28. The Morgan fingerprint density at radius 3 is 1.85 bits per heavy atom. The van der Waals surface area contributed by atoms with E-state index in [1.807, 2.05) is 6.92 Å². The molecule has 1 aromatic heterocycles. The molecule has 0 saturated carbocycles. The molecule has 0 radical (unpaired) electrons. The molecule has 0 aliphatic heterocycles. The Hall–Kier alpha value is -4.11. The summed E-state index contributed by atoms with van der Waals surface area (Å²) in [6, 6.07) is 29.4. The van der Waals surface area contributed by atoms with Gasteiger partial charge in [-0.2, -0.15) is 0 Å². The first-order valence-electron chi connectivity index (χ1n) is 11.2. The van der Waals surface area contributed by atoms with E-state index in [-0.39, 0.29) is 0 Å². The molecule has 0 saturated heterocycles. The van der Waals surface area contributed by atoms with Crippen molar-refractivity contribution in [1.82, 2.24) is 15.0 Å². The number of hydrogen-bond acceptors (Lipinski definition) is 3. The Kier molecular flexibility index (Phi) is 5.54. The zero-order valence-electron chi connectivity index (χ0n) is 19.1. The predicted molar refractivity (Wildman–Crippen MR) is 138 cm³/mol. The molecule has 0 N–H and O–H groups in total. The number of aromatic nitrogens is 3. The lowest BCUT2D eigenvalue weighted by Crippen LogP contribution is -2.00. The second kappa shape index (κ2) is 8.79. The Balaban J connectivity index is 1.71. The second-order valence-corrected chi connectivity index (χ2v) is 8.31. The lowest BCUT2D eigenvalue weighted by Gasteiger charge is -2.10. The molecule has 0 aliphatic rings. The van der Waals surface area contributed by atoms with E-state index in [1.54, 1.807) is 0 Å². The maximum absolute atomic E-state index is 4.91. The van der Waals surface area contributed by atoms with Crippen LogP contribution in [0, 0.1) is 13.8 Å². The third-order valence-electron chi connectivity index (χ3n) is 5.84. The number of hydrogen-bond donors (Lipinski definition) is 0. The Morgan fingerprint density at radius 2 is 1.15 bits per heavy atom. The second-order valence-electron chi connectivity index (χ2n) is 8.31. The van der Waals surface area contributed by atoms with Crippen molar-refractivity contribution in [3.05, 3.63) is 108 Å². The highest BCUT2D eigenvalue weighted by Gasteiger charge is 2.13. The van der Waals surface area contributed by atoms with E-state index in [2.05, 4.69) is 111 Å². The number of benzene rings is 4. The van der Waals surface area contributed by atoms with Crippen molar-refractivity contribution in [2.75, 3.05) is 0 Å². The van der Waals surface area contributed by atoms with E-state index in [1.165, 1.54) is 27.5 Å². The van der Waals surface area contributed by atoms with Crippen molar-refractivity contribution < 1.29 is 0 Å². The van der Waals surface area contributed by atoms with Gasteiger partial charge in [0.1, 0.15) is 0 Å². The van der Waals surface area contributed by atoms with E-state index < -0.39 is 0 Å². The standard InChI is InChI=1S/C30H25N3/c1-4-7-24-18-26(15-12-21(24)3)29-31-28(23-13-10-20(2)11-14-23)32-30(33-29)27-17-16-22-8-5-6-9-25(22)19-27/h4-19H,1-3H3/b7-4-. The molecule has 4 aromatic carbocycles. The summed E-state index contributed by atoms with van der Waals surface area (Å²) in [6.45, 7) is 6.23. The van der Waals surface area contributed by atoms with Crippen LogP contribution in [0.15, 0.2) is 91.0 Å². The molecule has 5 aromatic rings. The monoisotopic (exact) mass is 427 g/mol. The molecular formula is C30H25N3. The minimum absolute atomic E-state index is 0.675. The molecule has 5 rings (SSSR count). The molecule has 1 heterocycles. The normalized spacial score (nSPS) is 11.4. The summed E-state index contributed by atoms with van der Waals surface area (Å²) in [5.74, 6) is 2.03. The van der Waals surface area contributed by atoms with Gasteiger partial charge in [0.2, 0.25) is 0 Å². The first kappa shape index (κ1) is 20.8. The van der Waals surface area contributed by atoms with Crippen molar-refractivity contribution in [3.8, 4) is 34.2 Å². The van der Waals surface area contributed by atoms with Crippen LogP contribution in [-0.2, 0) is 0 Å². The van der Waals surface area contributed by atoms with Gasteiger partial charge in [-0.05, 0) is 54.8 Å². The van der Waals surface area contributed by atoms with Gasteiger partial charge in [-0.1, -0.05) is 90.5 Å². The molecule has 0 fully saturated rings. The Labute approximate surface area is 194 Å². The first-order valence-corrected chi connectivity index (χ1v) is 11.2. The topological polar surface area (TPSA) is 38.7 Å². The van der Waals surface area contributed by atoms with E-state index in [9.17, 15) is 0 Å². The summed E-state index contributed by atoms with van der Waals surface area (Å²) >= 11 is 0. The molecular weight excluding hydrogens is 402 g/mol. The van der Waals surface area contributed by atoms with Crippen LogP contribution in [0.1, 0.15) is 23.6 Å². The van der Waals surface area contributed by atoms with Crippen LogP contribution in [0.3, 0.4) is 0 Å². The smallest absolute Gasteiger partial charge is 0.164 e. The van der Waals surface area contributed by atoms with Crippen LogP contribution in [0.5, 0.6) is 0 Å². The molecule has 0 spiro atoms. The summed E-state index contributed by atoms with van der Waals surface area (Å²) in [5, 5.41) is 2.36. The van der Waals surface area contributed by atoms with Gasteiger partial charge in [0.25, 0.3) is 0 Å². The minimum Gasteiger partial charge on any atom is -0.208 e. The molecule has 3 heteroatoms. The number of rotatable bonds is 4. The minimum atomic E-state index is 0.675. The summed E-state index contributed by atoms with van der Waals surface area (Å²) in [5.41, 5.74) is 6.53. The first-order chi connectivity index (χ1) is 16.1. The van der Waals surface area contributed by atoms with Crippen molar-refractivity contribution in [1.29, 1.82) is 0 Å². The average molecular weight is 428 g/mol. The Morgan fingerprint density at radius 1 is 0.576 bits per heavy atom. The van der Waals surface area contributed by atoms with Gasteiger partial charge in [-0.25, -0.2) is 15.0 Å². The third-order valence-corrected chi connectivity index (χ3v) is 5.84. The van der Waals surface area contributed by atoms with Gasteiger partial charge < -0.3 is 0 Å². The van der Waals surface area contributed by atoms with Crippen molar-refractivity contribution in [2.24, 2.45) is 0 Å². The zero-order chi connectivity index (χ0) is 22.8. The SMILES string of the molecule is C/C=C\c1cc(-c2nc(-c3ccc(C)cc3)nc(-c3ccc4ccccc4c3)n2)ccc1C. The maximum atomic E-state index is 4.91. The van der Waals surface area contributed by atoms with Crippen LogP contribution in [-0.4, -0.2) is 15.0 Å². The van der Waals surface area contributed by atoms with Gasteiger partial charge in [-0.15, -0.1) is 0 Å². The number of fused-ring (bicyclic) bond motifs is 1. The maximum Gasteiger partial charge on any atom is 0.164 e. The largest absolute Gasteiger partial charge is 0.208 e. The van der Waals surface area contributed by atoms with Crippen LogP contribution in [0.2, 0.25) is 0 Å². The summed E-state index contributed by atoms with van der Waals surface area (Å²) in [4.78, 5) is 14.7. The number of nitrogens with zero attached hydrogens (tertiary/aromatic N) is 3. The average Bonchev–Trinajstić information content (AvgIpc) is 2.85. The van der Waals surface area contributed by atoms with Gasteiger partial charge in [0.15, 0.2) is 17.5 Å². The highest BCUT2D eigenvalue weighted by atomic mass is 15.0. The van der Waals surface area contributed by atoms with Gasteiger partial charge in [-0.3, -0.25) is 0 Å². The molecule has 3 nitrogen and oxygen atoms in total. The van der Waals surface area contributed by atoms with Crippen LogP contribution >= 0.6 is 0 Å². The molecule has 0 bridgehead atoms. The van der Waals surface area contributed by atoms with Crippen LogP contribution in [0.25, 0.3) is 51.0 Å². The zero-order valence-corrected chi connectivity index (χ0v) is 19.1.